The van der Waals surface area contributed by atoms with E-state index in [1.165, 1.54) is 11.3 Å². The van der Waals surface area contributed by atoms with Gasteiger partial charge >= 0.3 is 0 Å². The van der Waals surface area contributed by atoms with Crippen LogP contribution in [-0.4, -0.2) is 23.6 Å². The van der Waals surface area contributed by atoms with Crippen LogP contribution in [0.3, 0.4) is 0 Å². The van der Waals surface area contributed by atoms with Gasteiger partial charge in [-0.2, -0.15) is 0 Å². The Morgan fingerprint density at radius 3 is 2.57 bits per heavy atom. The van der Waals surface area contributed by atoms with E-state index in [1.54, 1.807) is 7.11 Å². The highest BCUT2D eigenvalue weighted by atomic mass is 16.5. The first kappa shape index (κ1) is 14.0. The molecule has 3 rings (SSSR count). The summed E-state index contributed by atoms with van der Waals surface area (Å²) < 4.78 is 5.21. The topological polar surface area (TPSA) is 47.0 Å². The van der Waals surface area contributed by atoms with Crippen LogP contribution in [-0.2, 0) is 13.0 Å². The third kappa shape index (κ3) is 2.76. The minimum Gasteiger partial charge on any atom is -0.497 e. The summed E-state index contributed by atoms with van der Waals surface area (Å²) in [5.74, 6) is 2.07. The molecule has 0 unspecified atom stereocenters. The largest absolute Gasteiger partial charge is 0.497 e. The molecule has 0 atom stereocenters. The van der Waals surface area contributed by atoms with E-state index in [-0.39, 0.29) is 0 Å². The lowest BCUT2D eigenvalue weighted by atomic mass is 9.97. The van der Waals surface area contributed by atoms with Crippen molar-refractivity contribution in [1.82, 2.24) is 15.3 Å². The summed E-state index contributed by atoms with van der Waals surface area (Å²) in [5.41, 5.74) is 4.70. The zero-order valence-electron chi connectivity index (χ0n) is 12.8. The molecule has 1 N–H and O–H groups in total. The third-order valence-electron chi connectivity index (χ3n) is 3.86. The average molecular weight is 283 g/mol. The molecule has 2 heterocycles. The predicted molar refractivity (Wildman–Crippen MR) is 83.5 cm³/mol. The van der Waals surface area contributed by atoms with Gasteiger partial charge in [-0.1, -0.05) is 13.8 Å². The summed E-state index contributed by atoms with van der Waals surface area (Å²) in [6.45, 7) is 6.24. The molecular formula is C17H21N3O. The lowest BCUT2D eigenvalue weighted by Crippen LogP contribution is -2.27. The number of fused-ring (bicyclic) bond motifs is 1. The van der Waals surface area contributed by atoms with Gasteiger partial charge in [0.05, 0.1) is 18.5 Å². The molecule has 0 saturated carbocycles. The number of nitrogens with one attached hydrogen (secondary N) is 1. The Morgan fingerprint density at radius 2 is 1.90 bits per heavy atom. The van der Waals surface area contributed by atoms with Gasteiger partial charge in [-0.25, -0.2) is 9.97 Å². The Bertz CT molecular complexity index is 635. The van der Waals surface area contributed by atoms with Crippen LogP contribution in [0.25, 0.3) is 11.4 Å². The number of hydrogen-bond acceptors (Lipinski definition) is 4. The van der Waals surface area contributed by atoms with Crippen molar-refractivity contribution in [3.05, 3.63) is 41.2 Å². The van der Waals surface area contributed by atoms with Crippen molar-refractivity contribution in [2.45, 2.75) is 32.7 Å². The highest BCUT2D eigenvalue weighted by Gasteiger charge is 2.19. The fourth-order valence-corrected chi connectivity index (χ4v) is 2.74. The quantitative estimate of drug-likeness (QED) is 0.941. The number of rotatable bonds is 3. The van der Waals surface area contributed by atoms with E-state index in [9.17, 15) is 0 Å². The SMILES string of the molecule is COc1ccc(-c2nc3c(c(C(C)C)n2)CCNC3)cc1. The van der Waals surface area contributed by atoms with Gasteiger partial charge in [-0.05, 0) is 48.7 Å². The first-order valence-corrected chi connectivity index (χ1v) is 7.44. The van der Waals surface area contributed by atoms with Crippen molar-refractivity contribution in [1.29, 1.82) is 0 Å². The van der Waals surface area contributed by atoms with Gasteiger partial charge in [-0.3, -0.25) is 0 Å². The fraction of sp³-hybridized carbons (Fsp3) is 0.412. The molecule has 0 spiro atoms. The molecule has 4 nitrogen and oxygen atoms in total. The Morgan fingerprint density at radius 1 is 1.14 bits per heavy atom. The first-order valence-electron chi connectivity index (χ1n) is 7.44. The van der Waals surface area contributed by atoms with Crippen molar-refractivity contribution < 1.29 is 4.74 Å². The Kier molecular flexibility index (Phi) is 3.88. The Labute approximate surface area is 125 Å². The zero-order chi connectivity index (χ0) is 14.8. The molecule has 0 amide bonds. The third-order valence-corrected chi connectivity index (χ3v) is 3.86. The summed E-state index contributed by atoms with van der Waals surface area (Å²) >= 11 is 0. The van der Waals surface area contributed by atoms with Crippen LogP contribution < -0.4 is 10.1 Å². The number of benzene rings is 1. The molecule has 1 aliphatic heterocycles. The summed E-state index contributed by atoms with van der Waals surface area (Å²) in [4.78, 5) is 9.60. The molecule has 2 aromatic rings. The highest BCUT2D eigenvalue weighted by molar-refractivity contribution is 5.57. The summed E-state index contributed by atoms with van der Waals surface area (Å²) in [5, 5.41) is 3.39. The second-order valence-corrected chi connectivity index (χ2v) is 5.67. The van der Waals surface area contributed by atoms with Gasteiger partial charge in [0.1, 0.15) is 5.75 Å². The second-order valence-electron chi connectivity index (χ2n) is 5.67. The van der Waals surface area contributed by atoms with Gasteiger partial charge in [0.25, 0.3) is 0 Å². The second kappa shape index (κ2) is 5.82. The molecule has 0 fully saturated rings. The van der Waals surface area contributed by atoms with Crippen LogP contribution in [0.4, 0.5) is 0 Å². The molecule has 0 bridgehead atoms. The van der Waals surface area contributed by atoms with Crippen LogP contribution in [0.5, 0.6) is 5.75 Å². The normalized spacial score (nSPS) is 14.1. The summed E-state index contributed by atoms with van der Waals surface area (Å²) in [6, 6.07) is 7.93. The predicted octanol–water partition coefficient (Wildman–Crippen LogP) is 2.92. The average Bonchev–Trinajstić information content (AvgIpc) is 2.53. The van der Waals surface area contributed by atoms with Crippen molar-refractivity contribution in [2.24, 2.45) is 0 Å². The van der Waals surface area contributed by atoms with Crippen LogP contribution in [0.15, 0.2) is 24.3 Å². The molecule has 0 radical (unpaired) electrons. The molecule has 0 aliphatic carbocycles. The van der Waals surface area contributed by atoms with E-state index in [1.807, 2.05) is 24.3 Å². The minimum atomic E-state index is 0.414. The van der Waals surface area contributed by atoms with Crippen molar-refractivity contribution in [3.8, 4) is 17.1 Å². The standard InChI is InChI=1S/C17H21N3O/c1-11(2)16-14-8-9-18-10-15(14)19-17(20-16)12-4-6-13(21-3)7-5-12/h4-7,11,18H,8-10H2,1-3H3. The van der Waals surface area contributed by atoms with Gasteiger partial charge in [0.2, 0.25) is 0 Å². The molecule has 4 heteroatoms. The van der Waals surface area contributed by atoms with E-state index in [0.717, 1.165) is 42.3 Å². The van der Waals surface area contributed by atoms with E-state index in [2.05, 4.69) is 19.2 Å². The number of ether oxygens (including phenoxy) is 1. The smallest absolute Gasteiger partial charge is 0.159 e. The molecule has 1 aliphatic rings. The summed E-state index contributed by atoms with van der Waals surface area (Å²) in [6.07, 6.45) is 1.02. The minimum absolute atomic E-state index is 0.414. The monoisotopic (exact) mass is 283 g/mol. The Hall–Kier alpha value is -1.94. The first-order chi connectivity index (χ1) is 10.2. The molecule has 1 aromatic carbocycles. The van der Waals surface area contributed by atoms with Gasteiger partial charge in [0.15, 0.2) is 5.82 Å². The van der Waals surface area contributed by atoms with Crippen molar-refractivity contribution in [2.75, 3.05) is 13.7 Å². The Balaban J connectivity index is 2.07. The zero-order valence-corrected chi connectivity index (χ0v) is 12.8. The van der Waals surface area contributed by atoms with Crippen LogP contribution in [0, 0.1) is 0 Å². The van der Waals surface area contributed by atoms with Crippen LogP contribution in [0.2, 0.25) is 0 Å². The lowest BCUT2D eigenvalue weighted by molar-refractivity contribution is 0.415. The van der Waals surface area contributed by atoms with Crippen LogP contribution >= 0.6 is 0 Å². The van der Waals surface area contributed by atoms with Gasteiger partial charge in [0, 0.05) is 12.1 Å². The van der Waals surface area contributed by atoms with Gasteiger partial charge < -0.3 is 10.1 Å². The van der Waals surface area contributed by atoms with E-state index in [4.69, 9.17) is 14.7 Å². The maximum absolute atomic E-state index is 5.21. The highest BCUT2D eigenvalue weighted by Crippen LogP contribution is 2.27. The van der Waals surface area contributed by atoms with Gasteiger partial charge in [-0.15, -0.1) is 0 Å². The number of aromatic nitrogens is 2. The van der Waals surface area contributed by atoms with E-state index >= 15 is 0 Å². The number of methoxy groups -OCH3 is 1. The maximum atomic E-state index is 5.21. The maximum Gasteiger partial charge on any atom is 0.159 e. The lowest BCUT2D eigenvalue weighted by Gasteiger charge is -2.21. The van der Waals surface area contributed by atoms with E-state index in [0.29, 0.717) is 5.92 Å². The number of nitrogens with zero attached hydrogens (tertiary/aromatic N) is 2. The van der Waals surface area contributed by atoms with Crippen molar-refractivity contribution in [3.63, 3.8) is 0 Å². The molecule has 21 heavy (non-hydrogen) atoms. The molecule has 1 aromatic heterocycles. The summed E-state index contributed by atoms with van der Waals surface area (Å²) in [7, 11) is 1.67. The number of hydrogen-bond donors (Lipinski definition) is 1. The van der Waals surface area contributed by atoms with E-state index < -0.39 is 0 Å². The van der Waals surface area contributed by atoms with Crippen molar-refractivity contribution >= 4 is 0 Å². The van der Waals surface area contributed by atoms with Crippen LogP contribution in [0.1, 0.15) is 36.7 Å². The fourth-order valence-electron chi connectivity index (χ4n) is 2.74. The molecule has 110 valence electrons. The molecule has 0 saturated heterocycles. The molecular weight excluding hydrogens is 262 g/mol.